The van der Waals surface area contributed by atoms with Gasteiger partial charge in [-0.25, -0.2) is 4.98 Å². The molecule has 0 spiro atoms. The van der Waals surface area contributed by atoms with Crippen molar-refractivity contribution in [3.63, 3.8) is 0 Å². The molecule has 0 radical (unpaired) electrons. The smallest absolute Gasteiger partial charge is 0.0988 e. The van der Waals surface area contributed by atoms with Crippen LogP contribution in [0, 0.1) is 5.92 Å². The molecule has 1 N–H and O–H groups in total. The highest BCUT2D eigenvalue weighted by atomic mass is 32.1. The first-order valence-electron chi connectivity index (χ1n) is 9.30. The molecule has 1 aromatic heterocycles. The van der Waals surface area contributed by atoms with Gasteiger partial charge in [-0.3, -0.25) is 0 Å². The lowest BCUT2D eigenvalue weighted by molar-refractivity contribution is 0.201. The second-order valence-corrected chi connectivity index (χ2v) is 9.40. The van der Waals surface area contributed by atoms with Crippen LogP contribution >= 0.6 is 11.3 Å². The highest BCUT2D eigenvalue weighted by Crippen LogP contribution is 2.43. The van der Waals surface area contributed by atoms with Crippen LogP contribution in [0.2, 0.25) is 0 Å². The summed E-state index contributed by atoms with van der Waals surface area (Å²) < 4.78 is 1.34. The lowest BCUT2D eigenvalue weighted by atomic mass is 9.89. The number of nitrogens with one attached hydrogen (secondary N) is 1. The van der Waals surface area contributed by atoms with Crippen LogP contribution < -0.4 is 5.32 Å². The molecule has 2 aliphatic rings. The van der Waals surface area contributed by atoms with E-state index < -0.39 is 0 Å². The molecule has 4 rings (SSSR count). The molecule has 0 saturated carbocycles. The van der Waals surface area contributed by atoms with Gasteiger partial charge in [0.05, 0.1) is 15.2 Å². The van der Waals surface area contributed by atoms with Gasteiger partial charge in [0.25, 0.3) is 0 Å². The summed E-state index contributed by atoms with van der Waals surface area (Å²) in [5, 5.41) is 5.02. The van der Waals surface area contributed by atoms with E-state index in [1.54, 1.807) is 0 Å². The number of hydrogen-bond acceptors (Lipinski definition) is 4. The summed E-state index contributed by atoms with van der Waals surface area (Å²) in [6.07, 6.45) is 3.78. The van der Waals surface area contributed by atoms with Gasteiger partial charge in [-0.15, -0.1) is 11.3 Å². The van der Waals surface area contributed by atoms with Crippen LogP contribution in [0.25, 0.3) is 10.2 Å². The van der Waals surface area contributed by atoms with Crippen LogP contribution in [0.4, 0.5) is 0 Å². The normalized spacial score (nSPS) is 30.9. The van der Waals surface area contributed by atoms with Crippen LogP contribution in [0.5, 0.6) is 0 Å². The van der Waals surface area contributed by atoms with E-state index >= 15 is 0 Å². The summed E-state index contributed by atoms with van der Waals surface area (Å²) in [4.78, 5) is 7.53. The molecule has 4 heteroatoms. The molecule has 3 heterocycles. The molecule has 3 atom stereocenters. The SMILES string of the molecule is C[C@H]1CCC(c2ccc3sc(C4CCN(C)C4(C)C)nc3c2)NC1. The molecular formula is C20H29N3S. The molecule has 2 unspecified atom stereocenters. The Balaban J connectivity index is 1.62. The molecule has 1 aromatic carbocycles. The molecule has 3 nitrogen and oxygen atoms in total. The number of piperidine rings is 1. The first-order valence-corrected chi connectivity index (χ1v) is 10.1. The predicted molar refractivity (Wildman–Crippen MR) is 103 cm³/mol. The Hall–Kier alpha value is -0.970. The van der Waals surface area contributed by atoms with E-state index in [4.69, 9.17) is 4.98 Å². The van der Waals surface area contributed by atoms with E-state index in [9.17, 15) is 0 Å². The van der Waals surface area contributed by atoms with E-state index in [1.807, 2.05) is 11.3 Å². The predicted octanol–water partition coefficient (Wildman–Crippen LogP) is 4.55. The van der Waals surface area contributed by atoms with Gasteiger partial charge in [-0.05, 0) is 76.9 Å². The zero-order valence-electron chi connectivity index (χ0n) is 15.3. The summed E-state index contributed by atoms with van der Waals surface area (Å²) in [6, 6.07) is 7.43. The van der Waals surface area contributed by atoms with Crippen molar-refractivity contribution in [2.75, 3.05) is 20.1 Å². The fourth-order valence-electron chi connectivity index (χ4n) is 4.27. The van der Waals surface area contributed by atoms with Crippen molar-refractivity contribution in [2.45, 2.75) is 57.5 Å². The summed E-state index contributed by atoms with van der Waals surface area (Å²) in [7, 11) is 2.24. The second kappa shape index (κ2) is 6.08. The fourth-order valence-corrected chi connectivity index (χ4v) is 5.53. The lowest BCUT2D eigenvalue weighted by Gasteiger charge is -2.32. The molecule has 0 amide bonds. The quantitative estimate of drug-likeness (QED) is 0.867. The number of rotatable bonds is 2. The lowest BCUT2D eigenvalue weighted by Crippen LogP contribution is -2.38. The van der Waals surface area contributed by atoms with Gasteiger partial charge >= 0.3 is 0 Å². The maximum atomic E-state index is 5.06. The number of hydrogen-bond donors (Lipinski definition) is 1. The number of likely N-dealkylation sites (tertiary alicyclic amines) is 1. The van der Waals surface area contributed by atoms with Crippen molar-refractivity contribution in [3.05, 3.63) is 28.8 Å². The van der Waals surface area contributed by atoms with E-state index in [1.165, 1.54) is 46.6 Å². The molecule has 2 fully saturated rings. The zero-order chi connectivity index (χ0) is 16.9. The van der Waals surface area contributed by atoms with Crippen molar-refractivity contribution in [3.8, 4) is 0 Å². The van der Waals surface area contributed by atoms with E-state index in [-0.39, 0.29) is 5.54 Å². The minimum atomic E-state index is 0.206. The largest absolute Gasteiger partial charge is 0.310 e. The summed E-state index contributed by atoms with van der Waals surface area (Å²) in [5.41, 5.74) is 2.81. The Morgan fingerprint density at radius 1 is 1.25 bits per heavy atom. The minimum Gasteiger partial charge on any atom is -0.310 e. The van der Waals surface area contributed by atoms with Crippen LogP contribution in [0.15, 0.2) is 18.2 Å². The van der Waals surface area contributed by atoms with Gasteiger partial charge in [0.1, 0.15) is 0 Å². The Morgan fingerprint density at radius 3 is 2.75 bits per heavy atom. The highest BCUT2D eigenvalue weighted by molar-refractivity contribution is 7.18. The summed E-state index contributed by atoms with van der Waals surface area (Å²) in [6.45, 7) is 9.35. The summed E-state index contributed by atoms with van der Waals surface area (Å²) in [5.74, 6) is 1.36. The number of benzene rings is 1. The Bertz CT molecular complexity index is 728. The average molecular weight is 344 g/mol. The molecule has 0 aliphatic carbocycles. The number of nitrogens with zero attached hydrogens (tertiary/aromatic N) is 2. The summed E-state index contributed by atoms with van der Waals surface area (Å²) >= 11 is 1.90. The number of aromatic nitrogens is 1. The second-order valence-electron chi connectivity index (χ2n) is 8.34. The maximum absolute atomic E-state index is 5.06. The third-order valence-electron chi connectivity index (χ3n) is 6.38. The van der Waals surface area contributed by atoms with Gasteiger partial charge < -0.3 is 10.2 Å². The number of likely N-dealkylation sites (N-methyl/N-ethyl adjacent to an activating group) is 1. The van der Waals surface area contributed by atoms with Crippen molar-refractivity contribution in [1.82, 2.24) is 15.2 Å². The Morgan fingerprint density at radius 2 is 2.08 bits per heavy atom. The van der Waals surface area contributed by atoms with Gasteiger partial charge in [-0.2, -0.15) is 0 Å². The average Bonchev–Trinajstić information content (AvgIpc) is 3.08. The van der Waals surface area contributed by atoms with Crippen LogP contribution in [0.3, 0.4) is 0 Å². The van der Waals surface area contributed by atoms with Gasteiger partial charge in [0.15, 0.2) is 0 Å². The van der Waals surface area contributed by atoms with E-state index in [0.717, 1.165) is 12.5 Å². The van der Waals surface area contributed by atoms with Gasteiger partial charge in [0.2, 0.25) is 0 Å². The Labute approximate surface area is 149 Å². The Kier molecular flexibility index (Phi) is 4.18. The number of fused-ring (bicyclic) bond motifs is 1. The zero-order valence-corrected chi connectivity index (χ0v) is 16.1. The first kappa shape index (κ1) is 16.5. The van der Waals surface area contributed by atoms with E-state index in [2.05, 4.69) is 56.2 Å². The monoisotopic (exact) mass is 343 g/mol. The van der Waals surface area contributed by atoms with Crippen molar-refractivity contribution in [1.29, 1.82) is 0 Å². The van der Waals surface area contributed by atoms with E-state index in [0.29, 0.717) is 12.0 Å². The standard InChI is InChI=1S/C20H29N3S/c1-13-5-7-16(21-12-13)14-6-8-18-17(11-14)22-19(24-18)15-9-10-23(4)20(15,2)3/h6,8,11,13,15-16,21H,5,7,9-10,12H2,1-4H3/t13-,15?,16?/m0/s1. The van der Waals surface area contributed by atoms with Crippen LogP contribution in [-0.4, -0.2) is 35.6 Å². The molecule has 24 heavy (non-hydrogen) atoms. The van der Waals surface area contributed by atoms with Crippen LogP contribution in [-0.2, 0) is 0 Å². The van der Waals surface area contributed by atoms with Gasteiger partial charge in [-0.1, -0.05) is 13.0 Å². The minimum absolute atomic E-state index is 0.206. The molecule has 2 aliphatic heterocycles. The third-order valence-corrected chi connectivity index (χ3v) is 7.53. The van der Waals surface area contributed by atoms with Gasteiger partial charge in [0, 0.05) is 17.5 Å². The molecule has 2 saturated heterocycles. The maximum Gasteiger partial charge on any atom is 0.0988 e. The first-order chi connectivity index (χ1) is 11.4. The van der Waals surface area contributed by atoms with Crippen LogP contribution in [0.1, 0.15) is 62.6 Å². The molecule has 0 bridgehead atoms. The number of thiazole rings is 1. The topological polar surface area (TPSA) is 28.2 Å². The fraction of sp³-hybridized carbons (Fsp3) is 0.650. The molecule has 130 valence electrons. The molecular weight excluding hydrogens is 314 g/mol. The highest BCUT2D eigenvalue weighted by Gasteiger charge is 2.41. The van der Waals surface area contributed by atoms with Crippen molar-refractivity contribution < 1.29 is 0 Å². The molecule has 2 aromatic rings. The van der Waals surface area contributed by atoms with Crippen molar-refractivity contribution >= 4 is 21.6 Å². The third kappa shape index (κ3) is 2.79. The van der Waals surface area contributed by atoms with Crippen molar-refractivity contribution in [2.24, 2.45) is 5.92 Å².